The number of rotatable bonds is 6. The Bertz CT molecular complexity index is 637. The Labute approximate surface area is 154 Å². The van der Waals surface area contributed by atoms with Crippen LogP contribution in [0.25, 0.3) is 0 Å². The molecule has 0 bridgehead atoms. The topological polar surface area (TPSA) is 80.0 Å². The SMILES string of the molecule is N#Cc1ccc(CN2CCN(CC(O)CN3CCOCC3)CC2=O)cc1. The molecule has 26 heavy (non-hydrogen) atoms. The zero-order valence-electron chi connectivity index (χ0n) is 15.0. The van der Waals surface area contributed by atoms with Crippen molar-refractivity contribution in [1.82, 2.24) is 14.7 Å². The molecule has 1 aromatic rings. The second-order valence-electron chi connectivity index (χ2n) is 6.93. The van der Waals surface area contributed by atoms with Crippen LogP contribution in [0, 0.1) is 11.3 Å². The van der Waals surface area contributed by atoms with Crippen LogP contribution >= 0.6 is 0 Å². The molecule has 0 saturated carbocycles. The highest BCUT2D eigenvalue weighted by Crippen LogP contribution is 2.11. The number of nitrogens with zero attached hydrogens (tertiary/aromatic N) is 4. The van der Waals surface area contributed by atoms with Crippen molar-refractivity contribution in [1.29, 1.82) is 5.26 Å². The lowest BCUT2D eigenvalue weighted by atomic mass is 10.1. The Hall–Kier alpha value is -1.98. The summed E-state index contributed by atoms with van der Waals surface area (Å²) in [6.45, 7) is 6.63. The van der Waals surface area contributed by atoms with E-state index in [0.717, 1.165) is 38.4 Å². The molecule has 2 aliphatic heterocycles. The second-order valence-corrected chi connectivity index (χ2v) is 6.93. The van der Waals surface area contributed by atoms with E-state index in [0.29, 0.717) is 38.3 Å². The van der Waals surface area contributed by atoms with Gasteiger partial charge in [0.2, 0.25) is 5.91 Å². The fraction of sp³-hybridized carbons (Fsp3) is 0.579. The molecule has 2 heterocycles. The zero-order valence-corrected chi connectivity index (χ0v) is 15.0. The van der Waals surface area contributed by atoms with Gasteiger partial charge in [0.05, 0.1) is 37.5 Å². The van der Waals surface area contributed by atoms with Crippen LogP contribution in [0.3, 0.4) is 0 Å². The maximum atomic E-state index is 12.4. The van der Waals surface area contributed by atoms with Crippen molar-refractivity contribution in [3.8, 4) is 6.07 Å². The summed E-state index contributed by atoms with van der Waals surface area (Å²) < 4.78 is 5.32. The number of hydrogen-bond donors (Lipinski definition) is 1. The smallest absolute Gasteiger partial charge is 0.237 e. The lowest BCUT2D eigenvalue weighted by Gasteiger charge is -2.36. The minimum Gasteiger partial charge on any atom is -0.390 e. The van der Waals surface area contributed by atoms with Gasteiger partial charge in [-0.25, -0.2) is 0 Å². The number of piperazine rings is 1. The van der Waals surface area contributed by atoms with Crippen LogP contribution < -0.4 is 0 Å². The molecule has 0 radical (unpaired) electrons. The van der Waals surface area contributed by atoms with Gasteiger partial charge in [-0.05, 0) is 17.7 Å². The summed E-state index contributed by atoms with van der Waals surface area (Å²) in [7, 11) is 0. The molecule has 1 aromatic carbocycles. The van der Waals surface area contributed by atoms with E-state index in [1.54, 1.807) is 12.1 Å². The number of benzene rings is 1. The molecule has 1 atom stereocenters. The highest BCUT2D eigenvalue weighted by atomic mass is 16.5. The number of aliphatic hydroxyl groups excluding tert-OH is 1. The van der Waals surface area contributed by atoms with Gasteiger partial charge in [-0.1, -0.05) is 12.1 Å². The Morgan fingerprint density at radius 2 is 1.77 bits per heavy atom. The van der Waals surface area contributed by atoms with Crippen molar-refractivity contribution in [2.24, 2.45) is 0 Å². The van der Waals surface area contributed by atoms with Crippen molar-refractivity contribution >= 4 is 5.91 Å². The molecule has 1 unspecified atom stereocenters. The number of morpholine rings is 1. The maximum Gasteiger partial charge on any atom is 0.237 e. The van der Waals surface area contributed by atoms with Gasteiger partial charge in [0.1, 0.15) is 0 Å². The number of amides is 1. The minimum absolute atomic E-state index is 0.0826. The Kier molecular flexibility index (Phi) is 6.58. The van der Waals surface area contributed by atoms with E-state index in [1.165, 1.54) is 0 Å². The monoisotopic (exact) mass is 358 g/mol. The first-order chi connectivity index (χ1) is 12.6. The standard InChI is InChI=1S/C19H26N4O3/c20-11-16-1-3-17(4-2-16)12-23-6-5-22(15-19(23)25)14-18(24)13-21-7-9-26-10-8-21/h1-4,18,24H,5-10,12-15H2. The van der Waals surface area contributed by atoms with Gasteiger partial charge < -0.3 is 14.7 Å². The van der Waals surface area contributed by atoms with E-state index in [1.807, 2.05) is 21.9 Å². The summed E-state index contributed by atoms with van der Waals surface area (Å²) in [5.41, 5.74) is 1.65. The van der Waals surface area contributed by atoms with Crippen LogP contribution in [-0.2, 0) is 16.1 Å². The molecular formula is C19H26N4O3. The summed E-state index contributed by atoms with van der Waals surface area (Å²) in [5.74, 6) is 0.0826. The number of hydrogen-bond acceptors (Lipinski definition) is 6. The Morgan fingerprint density at radius 3 is 2.42 bits per heavy atom. The number of nitriles is 1. The van der Waals surface area contributed by atoms with Crippen LogP contribution in [0.5, 0.6) is 0 Å². The van der Waals surface area contributed by atoms with E-state index in [-0.39, 0.29) is 5.91 Å². The molecule has 0 aliphatic carbocycles. The van der Waals surface area contributed by atoms with E-state index in [2.05, 4.69) is 11.0 Å². The molecule has 7 heteroatoms. The normalized spacial score (nSPS) is 20.8. The Balaban J connectivity index is 1.43. The molecule has 140 valence electrons. The third-order valence-corrected chi connectivity index (χ3v) is 4.90. The zero-order chi connectivity index (χ0) is 18.4. The fourth-order valence-electron chi connectivity index (χ4n) is 3.42. The van der Waals surface area contributed by atoms with Gasteiger partial charge in [-0.3, -0.25) is 14.6 Å². The molecule has 1 amide bonds. The second kappa shape index (κ2) is 9.10. The number of ether oxygens (including phenoxy) is 1. The number of carbonyl (C=O) groups excluding carboxylic acids is 1. The molecular weight excluding hydrogens is 332 g/mol. The average Bonchev–Trinajstić information content (AvgIpc) is 2.65. The van der Waals surface area contributed by atoms with Gasteiger partial charge in [0.15, 0.2) is 0 Å². The summed E-state index contributed by atoms with van der Waals surface area (Å²) >= 11 is 0. The Morgan fingerprint density at radius 1 is 1.08 bits per heavy atom. The van der Waals surface area contributed by atoms with E-state index in [9.17, 15) is 9.90 Å². The molecule has 2 saturated heterocycles. The van der Waals surface area contributed by atoms with Crippen molar-refractivity contribution < 1.29 is 14.6 Å². The fourth-order valence-corrected chi connectivity index (χ4v) is 3.42. The van der Waals surface area contributed by atoms with Gasteiger partial charge in [0, 0.05) is 45.8 Å². The molecule has 1 N–H and O–H groups in total. The van der Waals surface area contributed by atoms with Gasteiger partial charge in [-0.2, -0.15) is 5.26 Å². The lowest BCUT2D eigenvalue weighted by Crippen LogP contribution is -2.53. The van der Waals surface area contributed by atoms with Crippen molar-refractivity contribution in [3.63, 3.8) is 0 Å². The molecule has 3 rings (SSSR count). The van der Waals surface area contributed by atoms with E-state index in [4.69, 9.17) is 10.00 Å². The van der Waals surface area contributed by atoms with Gasteiger partial charge in [-0.15, -0.1) is 0 Å². The third-order valence-electron chi connectivity index (χ3n) is 4.90. The van der Waals surface area contributed by atoms with Crippen molar-refractivity contribution in [2.75, 3.05) is 59.0 Å². The number of β-amino-alcohol motifs (C(OH)–C–C–N with tert-alkyl or cyclic N) is 1. The van der Waals surface area contributed by atoms with E-state index >= 15 is 0 Å². The predicted molar refractivity (Wildman–Crippen MR) is 96.3 cm³/mol. The number of aliphatic hydroxyl groups is 1. The summed E-state index contributed by atoms with van der Waals surface area (Å²) in [6, 6.07) is 9.44. The average molecular weight is 358 g/mol. The molecule has 7 nitrogen and oxygen atoms in total. The van der Waals surface area contributed by atoms with Gasteiger partial charge >= 0.3 is 0 Å². The predicted octanol–water partition coefficient (Wildman–Crippen LogP) is -0.104. The maximum absolute atomic E-state index is 12.4. The molecule has 0 aromatic heterocycles. The van der Waals surface area contributed by atoms with Crippen LogP contribution in [-0.4, -0.2) is 90.8 Å². The van der Waals surface area contributed by atoms with Crippen LogP contribution in [0.15, 0.2) is 24.3 Å². The minimum atomic E-state index is -0.453. The summed E-state index contributed by atoms with van der Waals surface area (Å²) in [6.07, 6.45) is -0.453. The molecule has 2 aliphatic rings. The number of carbonyl (C=O) groups is 1. The summed E-state index contributed by atoms with van der Waals surface area (Å²) in [5, 5.41) is 19.2. The first kappa shape index (κ1) is 18.8. The third kappa shape index (κ3) is 5.26. The van der Waals surface area contributed by atoms with Crippen molar-refractivity contribution in [2.45, 2.75) is 12.6 Å². The lowest BCUT2D eigenvalue weighted by molar-refractivity contribution is -0.137. The van der Waals surface area contributed by atoms with Crippen molar-refractivity contribution in [3.05, 3.63) is 35.4 Å². The van der Waals surface area contributed by atoms with Crippen LogP contribution in [0.2, 0.25) is 0 Å². The van der Waals surface area contributed by atoms with Crippen LogP contribution in [0.4, 0.5) is 0 Å². The first-order valence-electron chi connectivity index (χ1n) is 9.11. The van der Waals surface area contributed by atoms with Gasteiger partial charge in [0.25, 0.3) is 0 Å². The first-order valence-corrected chi connectivity index (χ1v) is 9.11. The molecule has 2 fully saturated rings. The largest absolute Gasteiger partial charge is 0.390 e. The van der Waals surface area contributed by atoms with E-state index < -0.39 is 6.10 Å². The van der Waals surface area contributed by atoms with Crippen LogP contribution in [0.1, 0.15) is 11.1 Å². The highest BCUT2D eigenvalue weighted by Gasteiger charge is 2.26. The molecule has 0 spiro atoms. The highest BCUT2D eigenvalue weighted by molar-refractivity contribution is 5.79. The quantitative estimate of drug-likeness (QED) is 0.765. The summed E-state index contributed by atoms with van der Waals surface area (Å²) in [4.78, 5) is 18.5.